The quantitative estimate of drug-likeness (QED) is 0.264. The lowest BCUT2D eigenvalue weighted by Gasteiger charge is -2.21. The van der Waals surface area contributed by atoms with Crippen LogP contribution in [0.5, 0.6) is 0 Å². The summed E-state index contributed by atoms with van der Waals surface area (Å²) in [6, 6.07) is 22.8. The second kappa shape index (κ2) is 11.5. The van der Waals surface area contributed by atoms with Crippen molar-refractivity contribution in [2.75, 3.05) is 23.7 Å². The van der Waals surface area contributed by atoms with Gasteiger partial charge >= 0.3 is 6.03 Å². The molecule has 0 fully saturated rings. The Morgan fingerprint density at radius 2 is 1.67 bits per heavy atom. The number of nitrogens with zero attached hydrogens (tertiary/aromatic N) is 3. The molecule has 4 rings (SSSR count). The minimum atomic E-state index is -0.419. The van der Waals surface area contributed by atoms with E-state index in [-0.39, 0.29) is 12.5 Å². The van der Waals surface area contributed by atoms with Crippen LogP contribution in [0.15, 0.2) is 78.9 Å². The molecule has 0 saturated heterocycles. The minimum Gasteiger partial charge on any atom is -0.315 e. The molecule has 3 aromatic carbocycles. The third-order valence-electron chi connectivity index (χ3n) is 5.27. The predicted octanol–water partition coefficient (Wildman–Crippen LogP) is 6.99. The lowest BCUT2D eigenvalue weighted by Crippen LogP contribution is -2.40. The van der Waals surface area contributed by atoms with Gasteiger partial charge in [0.25, 0.3) is 0 Å². The number of carbonyl (C=O) groups excluding carboxylic acids is 2. The first-order chi connectivity index (χ1) is 17.3. The first-order valence-corrected chi connectivity index (χ1v) is 12.2. The molecule has 0 aliphatic carbocycles. The fourth-order valence-electron chi connectivity index (χ4n) is 3.49. The van der Waals surface area contributed by atoms with Crippen LogP contribution in [-0.2, 0) is 4.79 Å². The van der Waals surface area contributed by atoms with Crippen LogP contribution in [0.4, 0.5) is 16.3 Å². The van der Waals surface area contributed by atoms with Gasteiger partial charge in [0, 0.05) is 28.9 Å². The van der Waals surface area contributed by atoms with Crippen LogP contribution in [-0.4, -0.2) is 39.7 Å². The molecule has 1 aromatic heterocycles. The summed E-state index contributed by atoms with van der Waals surface area (Å²) in [5, 5.41) is 11.6. The number of nitrogens with one attached hydrogen (secondary N) is 2. The lowest BCUT2D eigenvalue weighted by atomic mass is 10.1. The molecule has 4 aromatic rings. The molecule has 3 amide bonds. The van der Waals surface area contributed by atoms with Crippen molar-refractivity contribution in [2.24, 2.45) is 0 Å². The van der Waals surface area contributed by atoms with Gasteiger partial charge in [0.05, 0.1) is 21.4 Å². The summed E-state index contributed by atoms with van der Waals surface area (Å²) in [4.78, 5) is 27.1. The molecule has 0 saturated carbocycles. The van der Waals surface area contributed by atoms with Crippen molar-refractivity contribution in [1.82, 2.24) is 14.7 Å². The van der Waals surface area contributed by atoms with Gasteiger partial charge in [-0.15, -0.1) is 0 Å². The Morgan fingerprint density at radius 3 is 2.36 bits per heavy atom. The number of rotatable bonds is 7. The van der Waals surface area contributed by atoms with Crippen LogP contribution < -0.4 is 10.6 Å². The third kappa shape index (κ3) is 6.18. The number of hydrogen-bond acceptors (Lipinski definition) is 3. The third-order valence-corrected chi connectivity index (χ3v) is 6.25. The van der Waals surface area contributed by atoms with E-state index in [9.17, 15) is 9.59 Å². The van der Waals surface area contributed by atoms with Crippen LogP contribution >= 0.6 is 34.8 Å². The van der Waals surface area contributed by atoms with E-state index in [2.05, 4.69) is 15.7 Å². The molecule has 184 valence electrons. The van der Waals surface area contributed by atoms with Gasteiger partial charge in [0.2, 0.25) is 5.91 Å². The van der Waals surface area contributed by atoms with Gasteiger partial charge in [0.15, 0.2) is 0 Å². The van der Waals surface area contributed by atoms with E-state index in [1.54, 1.807) is 60.1 Å². The van der Waals surface area contributed by atoms with Crippen LogP contribution in [0.3, 0.4) is 0 Å². The van der Waals surface area contributed by atoms with E-state index in [0.717, 1.165) is 5.56 Å². The Morgan fingerprint density at radius 1 is 0.889 bits per heavy atom. The van der Waals surface area contributed by atoms with Crippen LogP contribution in [0.2, 0.25) is 15.1 Å². The Labute approximate surface area is 223 Å². The molecule has 36 heavy (non-hydrogen) atoms. The summed E-state index contributed by atoms with van der Waals surface area (Å²) in [5.74, 6) is 0.0301. The molecule has 0 bridgehead atoms. The van der Waals surface area contributed by atoms with Crippen molar-refractivity contribution in [3.05, 3.63) is 93.9 Å². The van der Waals surface area contributed by atoms with Crippen molar-refractivity contribution in [3.8, 4) is 16.9 Å². The highest BCUT2D eigenvalue weighted by Crippen LogP contribution is 2.29. The standard InChI is InChI=1S/C26H22Cl3N5O2/c1-2-33(26(36)30-19-10-6-9-18(27)13-19)16-25(35)31-24-15-23(17-7-4-3-5-8-17)32-34(24)20-11-12-21(28)22(29)14-20/h3-15H,2,16H2,1H3,(H,30,36)(H,31,35). The first kappa shape index (κ1) is 25.6. The largest absolute Gasteiger partial charge is 0.322 e. The molecule has 0 radical (unpaired) electrons. The van der Waals surface area contributed by atoms with Crippen molar-refractivity contribution in [2.45, 2.75) is 6.92 Å². The SMILES string of the molecule is CCN(CC(=O)Nc1cc(-c2ccccc2)nn1-c1ccc(Cl)c(Cl)c1)C(=O)Nc1cccc(Cl)c1. The van der Waals surface area contributed by atoms with E-state index in [0.29, 0.717) is 44.5 Å². The number of amides is 3. The number of aromatic nitrogens is 2. The van der Waals surface area contributed by atoms with Crippen molar-refractivity contribution < 1.29 is 9.59 Å². The number of anilines is 2. The van der Waals surface area contributed by atoms with Crippen molar-refractivity contribution in [3.63, 3.8) is 0 Å². The molecular formula is C26H22Cl3N5O2. The summed E-state index contributed by atoms with van der Waals surface area (Å²) in [5.41, 5.74) is 2.69. The minimum absolute atomic E-state index is 0.171. The van der Waals surface area contributed by atoms with Gasteiger partial charge in [0.1, 0.15) is 12.4 Å². The lowest BCUT2D eigenvalue weighted by molar-refractivity contribution is -0.116. The van der Waals surface area contributed by atoms with E-state index >= 15 is 0 Å². The maximum absolute atomic E-state index is 13.0. The monoisotopic (exact) mass is 541 g/mol. The second-order valence-electron chi connectivity index (χ2n) is 7.79. The van der Waals surface area contributed by atoms with Crippen LogP contribution in [0.25, 0.3) is 16.9 Å². The fraction of sp³-hybridized carbons (Fsp3) is 0.115. The van der Waals surface area contributed by atoms with E-state index < -0.39 is 6.03 Å². The normalized spacial score (nSPS) is 10.7. The highest BCUT2D eigenvalue weighted by Gasteiger charge is 2.19. The predicted molar refractivity (Wildman–Crippen MR) is 145 cm³/mol. The number of urea groups is 1. The van der Waals surface area contributed by atoms with E-state index in [4.69, 9.17) is 34.8 Å². The van der Waals surface area contributed by atoms with E-state index in [1.807, 2.05) is 30.3 Å². The fourth-order valence-corrected chi connectivity index (χ4v) is 3.97. The molecule has 2 N–H and O–H groups in total. The molecule has 0 spiro atoms. The zero-order chi connectivity index (χ0) is 25.7. The molecule has 0 aliphatic rings. The molecule has 0 aliphatic heterocycles. The average molecular weight is 543 g/mol. The summed E-state index contributed by atoms with van der Waals surface area (Å²) < 4.78 is 1.57. The average Bonchev–Trinajstić information content (AvgIpc) is 3.28. The summed E-state index contributed by atoms with van der Waals surface area (Å²) >= 11 is 18.3. The van der Waals surface area contributed by atoms with Gasteiger partial charge in [-0.1, -0.05) is 71.2 Å². The Balaban J connectivity index is 1.56. The number of carbonyl (C=O) groups is 2. The van der Waals surface area contributed by atoms with Gasteiger partial charge in [-0.25, -0.2) is 9.48 Å². The number of benzene rings is 3. The summed E-state index contributed by atoms with van der Waals surface area (Å²) in [7, 11) is 0. The Bertz CT molecular complexity index is 1390. The number of likely N-dealkylation sites (N-methyl/N-ethyl adjacent to an activating group) is 1. The maximum atomic E-state index is 13.0. The van der Waals surface area contributed by atoms with E-state index in [1.165, 1.54) is 4.90 Å². The number of hydrogen-bond donors (Lipinski definition) is 2. The summed E-state index contributed by atoms with van der Waals surface area (Å²) in [6.45, 7) is 1.94. The van der Waals surface area contributed by atoms with Gasteiger partial charge in [-0.05, 0) is 43.3 Å². The maximum Gasteiger partial charge on any atom is 0.322 e. The molecule has 0 atom stereocenters. The summed E-state index contributed by atoms with van der Waals surface area (Å²) in [6.07, 6.45) is 0. The molecular weight excluding hydrogens is 521 g/mol. The first-order valence-electron chi connectivity index (χ1n) is 11.1. The smallest absolute Gasteiger partial charge is 0.315 e. The van der Waals surface area contributed by atoms with Crippen LogP contribution in [0, 0.1) is 0 Å². The number of halogens is 3. The highest BCUT2D eigenvalue weighted by atomic mass is 35.5. The van der Waals surface area contributed by atoms with Gasteiger partial charge in [-0.3, -0.25) is 4.79 Å². The molecule has 10 heteroatoms. The second-order valence-corrected chi connectivity index (χ2v) is 9.04. The van der Waals surface area contributed by atoms with Gasteiger partial charge < -0.3 is 15.5 Å². The zero-order valence-corrected chi connectivity index (χ0v) is 21.5. The Kier molecular flexibility index (Phi) is 8.15. The molecule has 1 heterocycles. The van der Waals surface area contributed by atoms with Crippen LogP contribution in [0.1, 0.15) is 6.92 Å². The van der Waals surface area contributed by atoms with Crippen molar-refractivity contribution >= 4 is 58.2 Å². The highest BCUT2D eigenvalue weighted by molar-refractivity contribution is 6.42. The molecule has 7 nitrogen and oxygen atoms in total. The van der Waals surface area contributed by atoms with Crippen molar-refractivity contribution in [1.29, 1.82) is 0 Å². The topological polar surface area (TPSA) is 79.3 Å². The Hall–Kier alpha value is -3.52. The van der Waals surface area contributed by atoms with Gasteiger partial charge in [-0.2, -0.15) is 5.10 Å². The zero-order valence-electron chi connectivity index (χ0n) is 19.2. The molecule has 0 unspecified atom stereocenters.